The third-order valence-electron chi connectivity index (χ3n) is 3.83. The van der Waals surface area contributed by atoms with Crippen LogP contribution in [0.2, 0.25) is 0 Å². The molecule has 0 rings (SSSR count). The molecular weight excluding hydrogens is 344 g/mol. The first kappa shape index (κ1) is 25.9. The van der Waals surface area contributed by atoms with Gasteiger partial charge in [0.15, 0.2) is 0 Å². The van der Waals surface area contributed by atoms with Crippen LogP contribution < -0.4 is 10.6 Å². The second kappa shape index (κ2) is 22.9. The number of rotatable bonds is 17. The van der Waals surface area contributed by atoms with Gasteiger partial charge >= 0.3 is 0 Å². The molecule has 0 heterocycles. The second-order valence-electron chi connectivity index (χ2n) is 6.41. The lowest BCUT2D eigenvalue weighted by atomic mass is 10.2. The Labute approximate surface area is 173 Å². The first-order chi connectivity index (χ1) is 13.8. The Balaban J connectivity index is 3.54. The Morgan fingerprint density at radius 1 is 0.643 bits per heavy atom. The van der Waals surface area contributed by atoms with Crippen LogP contribution >= 0.6 is 0 Å². The van der Waals surface area contributed by atoms with Crippen LogP contribution in [0.5, 0.6) is 0 Å². The Morgan fingerprint density at radius 3 is 1.50 bits per heavy atom. The Bertz CT molecular complexity index is 525. The topological polar surface area (TPSA) is 41.1 Å². The van der Waals surface area contributed by atoms with E-state index in [2.05, 4.69) is 90.5 Å². The molecule has 0 radical (unpaired) electrons. The van der Waals surface area contributed by atoms with E-state index in [1.165, 1.54) is 0 Å². The van der Waals surface area contributed by atoms with Gasteiger partial charge in [-0.2, -0.15) is 0 Å². The van der Waals surface area contributed by atoms with Crippen LogP contribution in [0.4, 0.5) is 0 Å². The number of nitrogens with one attached hydrogen (secondary N) is 2. The normalized spacial score (nSPS) is 12.8. The lowest BCUT2D eigenvalue weighted by molar-refractivity contribution is -0.120. The molecule has 0 atom stereocenters. The van der Waals surface area contributed by atoms with E-state index in [4.69, 9.17) is 0 Å². The molecule has 0 fully saturated rings. The summed E-state index contributed by atoms with van der Waals surface area (Å²) in [5, 5.41) is 5.88. The fourth-order valence-electron chi connectivity index (χ4n) is 2.27. The minimum atomic E-state index is 0.120. The maximum Gasteiger partial charge on any atom is 0.220 e. The van der Waals surface area contributed by atoms with Gasteiger partial charge in [0.1, 0.15) is 0 Å². The zero-order valence-electron chi connectivity index (χ0n) is 17.9. The lowest BCUT2D eigenvalue weighted by Crippen LogP contribution is -2.30. The van der Waals surface area contributed by atoms with Crippen molar-refractivity contribution >= 4 is 5.91 Å². The molecule has 0 aliphatic heterocycles. The SMILES string of the molecule is CC/C=C\C/C=C\C/C=C\C/C=C\C/C=C\C/C=C\CCC(=O)NCCNC. The van der Waals surface area contributed by atoms with Crippen LogP contribution in [0.15, 0.2) is 72.9 Å². The van der Waals surface area contributed by atoms with Crippen LogP contribution in [0.3, 0.4) is 0 Å². The van der Waals surface area contributed by atoms with E-state index < -0.39 is 0 Å². The molecule has 0 saturated heterocycles. The maximum atomic E-state index is 11.5. The molecule has 3 nitrogen and oxygen atoms in total. The first-order valence-corrected chi connectivity index (χ1v) is 10.6. The Hall–Kier alpha value is -2.13. The summed E-state index contributed by atoms with van der Waals surface area (Å²) in [6, 6.07) is 0. The third kappa shape index (κ3) is 21.9. The van der Waals surface area contributed by atoms with Crippen molar-refractivity contribution in [1.82, 2.24) is 10.6 Å². The van der Waals surface area contributed by atoms with Crippen molar-refractivity contribution in [1.29, 1.82) is 0 Å². The number of carbonyl (C=O) groups excluding carboxylic acids is 1. The summed E-state index contributed by atoms with van der Waals surface area (Å²) in [4.78, 5) is 11.5. The van der Waals surface area contributed by atoms with Crippen molar-refractivity contribution in [3.63, 3.8) is 0 Å². The molecule has 0 bridgehead atoms. The van der Waals surface area contributed by atoms with Crippen LogP contribution in [-0.2, 0) is 4.79 Å². The summed E-state index contributed by atoms with van der Waals surface area (Å²) < 4.78 is 0. The van der Waals surface area contributed by atoms with Crippen molar-refractivity contribution in [2.75, 3.05) is 20.1 Å². The highest BCUT2D eigenvalue weighted by Gasteiger charge is 1.96. The molecule has 0 aromatic rings. The smallest absolute Gasteiger partial charge is 0.220 e. The highest BCUT2D eigenvalue weighted by molar-refractivity contribution is 5.75. The highest BCUT2D eigenvalue weighted by Crippen LogP contribution is 1.97. The average molecular weight is 385 g/mol. The zero-order chi connectivity index (χ0) is 20.5. The molecule has 0 saturated carbocycles. The molecule has 3 heteroatoms. The summed E-state index contributed by atoms with van der Waals surface area (Å²) in [5.74, 6) is 0.120. The van der Waals surface area contributed by atoms with Gasteiger partial charge in [-0.15, -0.1) is 0 Å². The van der Waals surface area contributed by atoms with E-state index in [0.29, 0.717) is 13.0 Å². The highest BCUT2D eigenvalue weighted by atomic mass is 16.1. The molecule has 0 aromatic carbocycles. The number of likely N-dealkylation sites (N-methyl/N-ethyl adjacent to an activating group) is 1. The summed E-state index contributed by atoms with van der Waals surface area (Å²) in [7, 11) is 1.88. The van der Waals surface area contributed by atoms with Gasteiger partial charge in [-0.1, -0.05) is 79.8 Å². The van der Waals surface area contributed by atoms with Crippen LogP contribution in [0.1, 0.15) is 58.3 Å². The maximum absolute atomic E-state index is 11.5. The van der Waals surface area contributed by atoms with Gasteiger partial charge in [-0.05, 0) is 52.0 Å². The number of hydrogen-bond donors (Lipinski definition) is 2. The van der Waals surface area contributed by atoms with Crippen LogP contribution in [-0.4, -0.2) is 26.0 Å². The molecule has 2 N–H and O–H groups in total. The summed E-state index contributed by atoms with van der Waals surface area (Å²) in [6.07, 6.45) is 33.6. The fourth-order valence-corrected chi connectivity index (χ4v) is 2.27. The van der Waals surface area contributed by atoms with Crippen molar-refractivity contribution in [3.8, 4) is 0 Å². The van der Waals surface area contributed by atoms with Crippen LogP contribution in [0.25, 0.3) is 0 Å². The fraction of sp³-hybridized carbons (Fsp3) is 0.480. The van der Waals surface area contributed by atoms with Crippen molar-refractivity contribution < 1.29 is 4.79 Å². The number of allylic oxidation sites excluding steroid dienone is 12. The standard InChI is InChI=1S/C25H40N2O/c1-3-4-5-6-7-8-9-10-11-12-13-14-15-16-17-18-19-20-21-22-25(28)27-24-23-26-2/h4-5,7-8,10-11,13-14,16-17,19-20,26H,3,6,9,12,15,18,21-24H2,1-2H3,(H,27,28)/b5-4-,8-7-,11-10-,14-13-,17-16-,20-19-. The molecular formula is C25H40N2O. The number of carbonyl (C=O) groups is 1. The van der Waals surface area contributed by atoms with Crippen molar-refractivity contribution in [2.24, 2.45) is 0 Å². The quantitative estimate of drug-likeness (QED) is 0.246. The van der Waals surface area contributed by atoms with E-state index in [1.807, 2.05) is 7.05 Å². The second-order valence-corrected chi connectivity index (χ2v) is 6.41. The van der Waals surface area contributed by atoms with Gasteiger partial charge in [-0.25, -0.2) is 0 Å². The van der Waals surface area contributed by atoms with Crippen LogP contribution in [0, 0.1) is 0 Å². The molecule has 0 aliphatic carbocycles. The average Bonchev–Trinajstić information content (AvgIpc) is 2.70. The van der Waals surface area contributed by atoms with Gasteiger partial charge in [-0.3, -0.25) is 4.79 Å². The lowest BCUT2D eigenvalue weighted by Gasteiger charge is -2.02. The third-order valence-corrected chi connectivity index (χ3v) is 3.83. The van der Waals surface area contributed by atoms with Gasteiger partial charge in [0.25, 0.3) is 0 Å². The molecule has 0 spiro atoms. The first-order valence-electron chi connectivity index (χ1n) is 10.6. The molecule has 0 aromatic heterocycles. The largest absolute Gasteiger partial charge is 0.355 e. The van der Waals surface area contributed by atoms with Gasteiger partial charge in [0.05, 0.1) is 0 Å². The van der Waals surface area contributed by atoms with E-state index in [0.717, 1.165) is 51.5 Å². The predicted molar refractivity (Wildman–Crippen MR) is 124 cm³/mol. The number of amides is 1. The predicted octanol–water partition coefficient (Wildman–Crippen LogP) is 5.80. The molecule has 0 unspecified atom stereocenters. The Morgan fingerprint density at radius 2 is 1.07 bits per heavy atom. The van der Waals surface area contributed by atoms with Gasteiger partial charge < -0.3 is 10.6 Å². The van der Waals surface area contributed by atoms with Crippen molar-refractivity contribution in [3.05, 3.63) is 72.9 Å². The van der Waals surface area contributed by atoms with Gasteiger partial charge in [0, 0.05) is 19.5 Å². The van der Waals surface area contributed by atoms with E-state index in [1.54, 1.807) is 0 Å². The monoisotopic (exact) mass is 384 g/mol. The van der Waals surface area contributed by atoms with E-state index in [9.17, 15) is 4.79 Å². The summed E-state index contributed by atoms with van der Waals surface area (Å²) >= 11 is 0. The van der Waals surface area contributed by atoms with Crippen molar-refractivity contribution in [2.45, 2.75) is 58.3 Å². The number of hydrogen-bond acceptors (Lipinski definition) is 2. The molecule has 28 heavy (non-hydrogen) atoms. The van der Waals surface area contributed by atoms with E-state index >= 15 is 0 Å². The minimum absolute atomic E-state index is 0.120. The molecule has 0 aliphatic rings. The molecule has 1 amide bonds. The minimum Gasteiger partial charge on any atom is -0.355 e. The zero-order valence-corrected chi connectivity index (χ0v) is 17.9. The summed E-state index contributed by atoms with van der Waals surface area (Å²) in [5.41, 5.74) is 0. The Kier molecular flexibility index (Phi) is 21.2. The van der Waals surface area contributed by atoms with E-state index in [-0.39, 0.29) is 5.91 Å². The summed E-state index contributed by atoms with van der Waals surface area (Å²) in [6.45, 7) is 3.66. The molecule has 156 valence electrons. The van der Waals surface area contributed by atoms with Gasteiger partial charge in [0.2, 0.25) is 5.91 Å².